The van der Waals surface area contributed by atoms with Gasteiger partial charge in [0.05, 0.1) is 12.0 Å². The number of benzene rings is 2. The molecule has 24 heavy (non-hydrogen) atoms. The molecule has 0 fully saturated rings. The fourth-order valence-corrected chi connectivity index (χ4v) is 2.34. The van der Waals surface area contributed by atoms with Gasteiger partial charge in [-0.15, -0.1) is 0 Å². The minimum Gasteiger partial charge on any atom is -0.507 e. The smallest absolute Gasteiger partial charge is 0.339 e. The van der Waals surface area contributed by atoms with Crippen LogP contribution in [0, 0.1) is 0 Å². The predicted octanol–water partition coefficient (Wildman–Crippen LogP) is 3.75. The molecule has 0 radical (unpaired) electrons. The van der Waals surface area contributed by atoms with Gasteiger partial charge in [-0.05, 0) is 17.7 Å². The molecule has 0 amide bonds. The standard InChI is InChI=1S/C17H14F4O3/c18-15(19)17(20,21)16(24,11-6-2-1-3-7-11)10-14(23)12-8-4-5-9-13(12)22/h1-9,15,22,24H,10H2. The third-order valence-electron chi connectivity index (χ3n) is 3.70. The second-order valence-corrected chi connectivity index (χ2v) is 5.27. The Morgan fingerprint density at radius 1 is 1.00 bits per heavy atom. The highest BCUT2D eigenvalue weighted by Crippen LogP contribution is 2.45. The number of alkyl halides is 4. The fourth-order valence-electron chi connectivity index (χ4n) is 2.34. The molecular weight excluding hydrogens is 328 g/mol. The van der Waals surface area contributed by atoms with Crippen LogP contribution in [0.2, 0.25) is 0 Å². The van der Waals surface area contributed by atoms with Crippen molar-refractivity contribution in [1.29, 1.82) is 0 Å². The van der Waals surface area contributed by atoms with Crippen LogP contribution < -0.4 is 0 Å². The minimum absolute atomic E-state index is 0.336. The normalized spacial score (nSPS) is 14.4. The second-order valence-electron chi connectivity index (χ2n) is 5.27. The van der Waals surface area contributed by atoms with Crippen molar-refractivity contribution in [3.8, 4) is 5.75 Å². The molecule has 0 saturated heterocycles. The number of aromatic hydroxyl groups is 1. The molecular formula is C17H14F4O3. The van der Waals surface area contributed by atoms with E-state index in [2.05, 4.69) is 0 Å². The first-order valence-corrected chi connectivity index (χ1v) is 6.95. The molecule has 0 aliphatic heterocycles. The summed E-state index contributed by atoms with van der Waals surface area (Å²) in [5, 5.41) is 20.0. The number of carbonyl (C=O) groups excluding carboxylic acids is 1. The van der Waals surface area contributed by atoms with E-state index in [1.165, 1.54) is 30.3 Å². The van der Waals surface area contributed by atoms with Crippen LogP contribution in [0.5, 0.6) is 5.75 Å². The number of carbonyl (C=O) groups is 1. The van der Waals surface area contributed by atoms with Crippen molar-refractivity contribution in [3.05, 3.63) is 65.7 Å². The number of para-hydroxylation sites is 1. The number of phenols is 1. The van der Waals surface area contributed by atoms with Crippen LogP contribution in [-0.4, -0.2) is 28.3 Å². The van der Waals surface area contributed by atoms with E-state index < -0.39 is 41.5 Å². The first-order valence-electron chi connectivity index (χ1n) is 6.95. The van der Waals surface area contributed by atoms with Crippen molar-refractivity contribution in [2.45, 2.75) is 24.4 Å². The van der Waals surface area contributed by atoms with Crippen LogP contribution in [0.1, 0.15) is 22.3 Å². The van der Waals surface area contributed by atoms with E-state index in [0.717, 1.165) is 24.3 Å². The van der Waals surface area contributed by atoms with Crippen LogP contribution in [0.4, 0.5) is 17.6 Å². The molecule has 2 aromatic carbocycles. The maximum atomic E-state index is 14.0. The Kier molecular flexibility index (Phi) is 4.94. The summed E-state index contributed by atoms with van der Waals surface area (Å²) in [6, 6.07) is 11.2. The van der Waals surface area contributed by atoms with E-state index in [1.54, 1.807) is 0 Å². The van der Waals surface area contributed by atoms with Gasteiger partial charge < -0.3 is 10.2 Å². The van der Waals surface area contributed by atoms with Crippen molar-refractivity contribution in [1.82, 2.24) is 0 Å². The Labute approximate surface area is 135 Å². The Morgan fingerprint density at radius 3 is 2.08 bits per heavy atom. The van der Waals surface area contributed by atoms with Gasteiger partial charge in [0.1, 0.15) is 5.75 Å². The van der Waals surface area contributed by atoms with Crippen LogP contribution in [-0.2, 0) is 5.60 Å². The third kappa shape index (κ3) is 3.12. The summed E-state index contributed by atoms with van der Waals surface area (Å²) in [5.74, 6) is -6.44. The van der Waals surface area contributed by atoms with Crippen molar-refractivity contribution in [2.75, 3.05) is 0 Å². The summed E-state index contributed by atoms with van der Waals surface area (Å²) in [6.07, 6.45) is -5.49. The number of phenolic OH excluding ortho intramolecular Hbond substituents is 1. The Hall–Kier alpha value is -2.41. The number of aliphatic hydroxyl groups is 1. The van der Waals surface area contributed by atoms with E-state index in [-0.39, 0.29) is 5.56 Å². The van der Waals surface area contributed by atoms with Gasteiger partial charge in [-0.3, -0.25) is 4.79 Å². The third-order valence-corrected chi connectivity index (χ3v) is 3.70. The van der Waals surface area contributed by atoms with Crippen molar-refractivity contribution >= 4 is 5.78 Å². The SMILES string of the molecule is O=C(CC(O)(c1ccccc1)C(F)(F)C(F)F)c1ccccc1O. The number of rotatable bonds is 6. The molecule has 0 saturated carbocycles. The van der Waals surface area contributed by atoms with Gasteiger partial charge in [0, 0.05) is 0 Å². The second kappa shape index (κ2) is 6.60. The zero-order chi connectivity index (χ0) is 18.0. The van der Waals surface area contributed by atoms with Gasteiger partial charge in [0.25, 0.3) is 0 Å². The molecule has 1 atom stereocenters. The monoisotopic (exact) mass is 342 g/mol. The summed E-state index contributed by atoms with van der Waals surface area (Å²) < 4.78 is 53.8. The number of Topliss-reactive ketones (excluding diaryl/α,β-unsaturated/α-hetero) is 1. The highest BCUT2D eigenvalue weighted by atomic mass is 19.3. The van der Waals surface area contributed by atoms with Gasteiger partial charge >= 0.3 is 12.3 Å². The summed E-state index contributed by atoms with van der Waals surface area (Å²) in [5.41, 5.74) is -4.27. The van der Waals surface area contributed by atoms with E-state index in [1.807, 2.05) is 0 Å². The molecule has 0 aliphatic rings. The topological polar surface area (TPSA) is 57.5 Å². The molecule has 128 valence electrons. The lowest BCUT2D eigenvalue weighted by Crippen LogP contribution is -2.51. The van der Waals surface area contributed by atoms with Gasteiger partial charge in [0.2, 0.25) is 0 Å². The summed E-state index contributed by atoms with van der Waals surface area (Å²) in [4.78, 5) is 12.2. The minimum atomic E-state index is -4.87. The summed E-state index contributed by atoms with van der Waals surface area (Å²) >= 11 is 0. The lowest BCUT2D eigenvalue weighted by Gasteiger charge is -2.35. The van der Waals surface area contributed by atoms with Crippen molar-refractivity contribution in [2.24, 2.45) is 0 Å². The first-order chi connectivity index (χ1) is 11.2. The van der Waals surface area contributed by atoms with Gasteiger partial charge in [-0.1, -0.05) is 42.5 Å². The Balaban J connectivity index is 2.49. The Morgan fingerprint density at radius 2 is 1.54 bits per heavy atom. The molecule has 0 bridgehead atoms. The summed E-state index contributed by atoms with van der Waals surface area (Å²) in [6.45, 7) is 0. The molecule has 1 unspecified atom stereocenters. The van der Waals surface area contributed by atoms with Gasteiger partial charge in [0.15, 0.2) is 11.4 Å². The summed E-state index contributed by atoms with van der Waals surface area (Å²) in [7, 11) is 0. The molecule has 0 spiro atoms. The highest BCUT2D eigenvalue weighted by molar-refractivity contribution is 5.99. The van der Waals surface area contributed by atoms with E-state index in [0.29, 0.717) is 0 Å². The predicted molar refractivity (Wildman–Crippen MR) is 78.3 cm³/mol. The molecule has 2 rings (SSSR count). The van der Waals surface area contributed by atoms with Gasteiger partial charge in [-0.25, -0.2) is 8.78 Å². The quantitative estimate of drug-likeness (QED) is 0.621. The molecule has 0 aliphatic carbocycles. The number of hydrogen-bond donors (Lipinski definition) is 2. The zero-order valence-electron chi connectivity index (χ0n) is 12.3. The highest BCUT2D eigenvalue weighted by Gasteiger charge is 2.61. The number of hydrogen-bond acceptors (Lipinski definition) is 3. The lowest BCUT2D eigenvalue weighted by molar-refractivity contribution is -0.247. The van der Waals surface area contributed by atoms with Crippen LogP contribution in [0.3, 0.4) is 0 Å². The number of halogens is 4. The zero-order valence-corrected chi connectivity index (χ0v) is 12.3. The van der Waals surface area contributed by atoms with Crippen molar-refractivity contribution in [3.63, 3.8) is 0 Å². The molecule has 3 nitrogen and oxygen atoms in total. The van der Waals surface area contributed by atoms with Crippen LogP contribution in [0.25, 0.3) is 0 Å². The molecule has 2 aromatic rings. The lowest BCUT2D eigenvalue weighted by atomic mass is 9.81. The molecule has 7 heteroatoms. The van der Waals surface area contributed by atoms with Crippen LogP contribution >= 0.6 is 0 Å². The molecule has 0 heterocycles. The molecule has 2 N–H and O–H groups in total. The maximum Gasteiger partial charge on any atom is 0.339 e. The van der Waals surface area contributed by atoms with Gasteiger partial charge in [-0.2, -0.15) is 8.78 Å². The van der Waals surface area contributed by atoms with Crippen LogP contribution in [0.15, 0.2) is 54.6 Å². The maximum absolute atomic E-state index is 14.0. The van der Waals surface area contributed by atoms with E-state index >= 15 is 0 Å². The number of ketones is 1. The van der Waals surface area contributed by atoms with E-state index in [4.69, 9.17) is 0 Å². The largest absolute Gasteiger partial charge is 0.507 e. The fraction of sp³-hybridized carbons (Fsp3) is 0.235. The average molecular weight is 342 g/mol. The van der Waals surface area contributed by atoms with Crippen molar-refractivity contribution < 1.29 is 32.6 Å². The molecule has 0 aromatic heterocycles. The van der Waals surface area contributed by atoms with E-state index in [9.17, 15) is 32.6 Å². The first kappa shape index (κ1) is 17.9. The average Bonchev–Trinajstić information content (AvgIpc) is 2.55. The Bertz CT molecular complexity index is 719.